The number of nitrogens with zero attached hydrogens (tertiary/aromatic N) is 1. The predicted molar refractivity (Wildman–Crippen MR) is 59.3 cm³/mol. The number of aliphatic hydroxyl groups is 1. The second-order valence-electron chi connectivity index (χ2n) is 3.65. The molecule has 3 heteroatoms. The molecule has 0 amide bonds. The highest BCUT2D eigenvalue weighted by atomic mass is 32.2. The molecule has 1 rings (SSSR count). The van der Waals surface area contributed by atoms with Gasteiger partial charge in [-0.05, 0) is 43.9 Å². The van der Waals surface area contributed by atoms with Crippen molar-refractivity contribution < 1.29 is 5.11 Å². The third-order valence-corrected chi connectivity index (χ3v) is 3.43. The molecule has 78 valence electrons. The lowest BCUT2D eigenvalue weighted by molar-refractivity contribution is 0.0710. The summed E-state index contributed by atoms with van der Waals surface area (Å²) in [5.74, 6) is 2.49. The molecule has 13 heavy (non-hydrogen) atoms. The average molecular weight is 203 g/mol. The predicted octanol–water partition coefficient (Wildman–Crippen LogP) is 1.59. The van der Waals surface area contributed by atoms with Crippen LogP contribution in [0.15, 0.2) is 0 Å². The fraction of sp³-hybridized carbons (Fsp3) is 1.00. The third-order valence-electron chi connectivity index (χ3n) is 2.45. The SMILES string of the molecule is CCSCCCN1CCC[C@H](O)C1. The Bertz CT molecular complexity index is 132. The fourth-order valence-corrected chi connectivity index (χ4v) is 2.39. The molecule has 1 fully saturated rings. The molecule has 0 aromatic carbocycles. The van der Waals surface area contributed by atoms with Gasteiger partial charge < -0.3 is 10.0 Å². The highest BCUT2D eigenvalue weighted by Crippen LogP contribution is 2.10. The molecule has 0 radical (unpaired) electrons. The van der Waals surface area contributed by atoms with Crippen LogP contribution in [0.3, 0.4) is 0 Å². The largest absolute Gasteiger partial charge is 0.392 e. The normalized spacial score (nSPS) is 24.9. The quantitative estimate of drug-likeness (QED) is 0.686. The van der Waals surface area contributed by atoms with Gasteiger partial charge in [0, 0.05) is 6.54 Å². The van der Waals surface area contributed by atoms with Crippen molar-refractivity contribution in [1.82, 2.24) is 4.90 Å². The van der Waals surface area contributed by atoms with E-state index in [1.54, 1.807) is 0 Å². The Kier molecular flexibility index (Phi) is 5.83. The first kappa shape index (κ1) is 11.3. The van der Waals surface area contributed by atoms with Crippen molar-refractivity contribution >= 4 is 11.8 Å². The molecular formula is C10H21NOS. The molecule has 0 aliphatic carbocycles. The molecular weight excluding hydrogens is 182 g/mol. The Hall–Kier alpha value is 0.270. The zero-order valence-corrected chi connectivity index (χ0v) is 9.35. The monoisotopic (exact) mass is 203 g/mol. The molecule has 1 atom stereocenters. The first-order valence-corrected chi connectivity index (χ1v) is 6.46. The zero-order valence-electron chi connectivity index (χ0n) is 8.54. The number of rotatable bonds is 5. The molecule has 1 N–H and O–H groups in total. The standard InChI is InChI=1S/C10H21NOS/c1-2-13-8-4-7-11-6-3-5-10(12)9-11/h10,12H,2-9H2,1H3/t10-/m0/s1. The number of likely N-dealkylation sites (tertiary alicyclic amines) is 1. The molecule has 0 spiro atoms. The minimum absolute atomic E-state index is 0.0624. The molecule has 0 aromatic rings. The summed E-state index contributed by atoms with van der Waals surface area (Å²) in [5, 5.41) is 9.44. The van der Waals surface area contributed by atoms with Crippen LogP contribution in [0, 0.1) is 0 Å². The molecule has 0 bridgehead atoms. The van der Waals surface area contributed by atoms with E-state index in [4.69, 9.17) is 0 Å². The van der Waals surface area contributed by atoms with Crippen LogP contribution >= 0.6 is 11.8 Å². The maximum Gasteiger partial charge on any atom is 0.0667 e. The Morgan fingerprint density at radius 1 is 1.54 bits per heavy atom. The number of thioether (sulfide) groups is 1. The van der Waals surface area contributed by atoms with Crippen LogP contribution in [-0.2, 0) is 0 Å². The van der Waals surface area contributed by atoms with E-state index in [0.29, 0.717) is 0 Å². The second-order valence-corrected chi connectivity index (χ2v) is 5.04. The molecule has 1 aliphatic rings. The molecule has 2 nitrogen and oxygen atoms in total. The Morgan fingerprint density at radius 3 is 3.08 bits per heavy atom. The number of β-amino-alcohol motifs (C(OH)–C–C–N with tert-alkyl or cyclic N) is 1. The summed E-state index contributed by atoms with van der Waals surface area (Å²) in [6.07, 6.45) is 3.38. The molecule has 1 saturated heterocycles. The van der Waals surface area contributed by atoms with Gasteiger partial charge in [-0.25, -0.2) is 0 Å². The molecule has 0 unspecified atom stereocenters. The number of aliphatic hydroxyl groups excluding tert-OH is 1. The number of hydrogen-bond donors (Lipinski definition) is 1. The summed E-state index contributed by atoms with van der Waals surface area (Å²) in [4.78, 5) is 2.39. The van der Waals surface area contributed by atoms with E-state index in [1.807, 2.05) is 11.8 Å². The van der Waals surface area contributed by atoms with Crippen LogP contribution in [0.25, 0.3) is 0 Å². The second kappa shape index (κ2) is 6.68. The van der Waals surface area contributed by atoms with E-state index in [0.717, 1.165) is 13.0 Å². The van der Waals surface area contributed by atoms with Gasteiger partial charge in [0.1, 0.15) is 0 Å². The molecule has 0 aromatic heterocycles. The van der Waals surface area contributed by atoms with Crippen molar-refractivity contribution in [2.24, 2.45) is 0 Å². The Labute approximate surface area is 85.7 Å². The van der Waals surface area contributed by atoms with Gasteiger partial charge in [-0.1, -0.05) is 6.92 Å². The summed E-state index contributed by atoms with van der Waals surface area (Å²) >= 11 is 2.01. The van der Waals surface area contributed by atoms with Crippen LogP contribution in [0.5, 0.6) is 0 Å². The first-order valence-electron chi connectivity index (χ1n) is 5.31. The fourth-order valence-electron chi connectivity index (χ4n) is 1.77. The van der Waals surface area contributed by atoms with Gasteiger partial charge in [0.15, 0.2) is 0 Å². The lowest BCUT2D eigenvalue weighted by Gasteiger charge is -2.29. The maximum atomic E-state index is 9.44. The van der Waals surface area contributed by atoms with Gasteiger partial charge in [-0.3, -0.25) is 0 Å². The van der Waals surface area contributed by atoms with Crippen molar-refractivity contribution in [3.63, 3.8) is 0 Å². The molecule has 1 heterocycles. The van der Waals surface area contributed by atoms with Crippen LogP contribution in [0.4, 0.5) is 0 Å². The first-order chi connectivity index (χ1) is 6.33. The number of piperidine rings is 1. The van der Waals surface area contributed by atoms with E-state index < -0.39 is 0 Å². The smallest absolute Gasteiger partial charge is 0.0667 e. The topological polar surface area (TPSA) is 23.5 Å². The average Bonchev–Trinajstić information content (AvgIpc) is 2.13. The van der Waals surface area contributed by atoms with Crippen molar-refractivity contribution in [2.45, 2.75) is 32.3 Å². The summed E-state index contributed by atoms with van der Waals surface area (Å²) in [7, 11) is 0. The van der Waals surface area contributed by atoms with Crippen LogP contribution in [-0.4, -0.2) is 47.3 Å². The molecule has 1 aliphatic heterocycles. The van der Waals surface area contributed by atoms with E-state index >= 15 is 0 Å². The Balaban J connectivity index is 2.00. The highest BCUT2D eigenvalue weighted by molar-refractivity contribution is 7.99. The zero-order chi connectivity index (χ0) is 9.52. The van der Waals surface area contributed by atoms with Gasteiger partial charge in [-0.15, -0.1) is 0 Å². The lowest BCUT2D eigenvalue weighted by Crippen LogP contribution is -2.38. The van der Waals surface area contributed by atoms with E-state index in [1.165, 1.54) is 37.4 Å². The van der Waals surface area contributed by atoms with Crippen molar-refractivity contribution in [3.05, 3.63) is 0 Å². The van der Waals surface area contributed by atoms with E-state index in [-0.39, 0.29) is 6.10 Å². The van der Waals surface area contributed by atoms with Gasteiger partial charge in [0.05, 0.1) is 6.10 Å². The summed E-state index contributed by atoms with van der Waals surface area (Å²) in [6, 6.07) is 0. The maximum absolute atomic E-state index is 9.44. The van der Waals surface area contributed by atoms with Crippen LogP contribution in [0.1, 0.15) is 26.2 Å². The van der Waals surface area contributed by atoms with Crippen LogP contribution in [0.2, 0.25) is 0 Å². The van der Waals surface area contributed by atoms with Crippen molar-refractivity contribution in [3.8, 4) is 0 Å². The van der Waals surface area contributed by atoms with E-state index in [9.17, 15) is 5.11 Å². The third kappa shape index (κ3) is 4.89. The summed E-state index contributed by atoms with van der Waals surface area (Å²) < 4.78 is 0. The van der Waals surface area contributed by atoms with Gasteiger partial charge in [0.25, 0.3) is 0 Å². The van der Waals surface area contributed by atoms with E-state index in [2.05, 4.69) is 11.8 Å². The molecule has 0 saturated carbocycles. The van der Waals surface area contributed by atoms with Crippen LogP contribution < -0.4 is 0 Å². The highest BCUT2D eigenvalue weighted by Gasteiger charge is 2.16. The lowest BCUT2D eigenvalue weighted by atomic mass is 10.1. The number of hydrogen-bond acceptors (Lipinski definition) is 3. The van der Waals surface area contributed by atoms with Gasteiger partial charge >= 0.3 is 0 Å². The van der Waals surface area contributed by atoms with Gasteiger partial charge in [0.2, 0.25) is 0 Å². The van der Waals surface area contributed by atoms with Crippen molar-refractivity contribution in [1.29, 1.82) is 0 Å². The summed E-state index contributed by atoms with van der Waals surface area (Å²) in [5.41, 5.74) is 0. The Morgan fingerprint density at radius 2 is 2.38 bits per heavy atom. The minimum Gasteiger partial charge on any atom is -0.392 e. The summed E-state index contributed by atoms with van der Waals surface area (Å²) in [6.45, 7) is 5.46. The van der Waals surface area contributed by atoms with Crippen molar-refractivity contribution in [2.75, 3.05) is 31.1 Å². The minimum atomic E-state index is -0.0624. The van der Waals surface area contributed by atoms with Gasteiger partial charge in [-0.2, -0.15) is 11.8 Å².